The molecule has 2 aromatic carbocycles. The minimum absolute atomic E-state index is 0.0677. The molecule has 0 saturated carbocycles. The molecular weight excluding hydrogens is 376 g/mol. The Labute approximate surface area is 169 Å². The van der Waals surface area contributed by atoms with Crippen LogP contribution in [0.15, 0.2) is 48.5 Å². The fourth-order valence-electron chi connectivity index (χ4n) is 2.94. The number of aromatic hydroxyl groups is 1. The van der Waals surface area contributed by atoms with Gasteiger partial charge in [0, 0.05) is 38.3 Å². The fraction of sp³-hybridized carbons (Fsp3) is 0.333. The van der Waals surface area contributed by atoms with Gasteiger partial charge in [-0.2, -0.15) is 0 Å². The second-order valence-corrected chi connectivity index (χ2v) is 6.52. The number of amides is 2. The second-order valence-electron chi connectivity index (χ2n) is 6.52. The van der Waals surface area contributed by atoms with E-state index in [1.165, 1.54) is 12.1 Å². The van der Waals surface area contributed by atoms with Crippen LogP contribution >= 0.6 is 0 Å². The van der Waals surface area contributed by atoms with Gasteiger partial charge in [-0.15, -0.1) is 0 Å². The van der Waals surface area contributed by atoms with E-state index in [2.05, 4.69) is 0 Å². The van der Waals surface area contributed by atoms with Crippen molar-refractivity contribution in [2.45, 2.75) is 0 Å². The molecular formula is C21H24N2O6. The number of methoxy groups -OCH3 is 1. The van der Waals surface area contributed by atoms with Gasteiger partial charge in [-0.3, -0.25) is 9.59 Å². The summed E-state index contributed by atoms with van der Waals surface area (Å²) in [6.45, 7) is 1.58. The van der Waals surface area contributed by atoms with Gasteiger partial charge in [0.15, 0.2) is 13.2 Å². The van der Waals surface area contributed by atoms with Crippen molar-refractivity contribution in [3.05, 3.63) is 48.5 Å². The summed E-state index contributed by atoms with van der Waals surface area (Å²) in [5.74, 6) is 1.45. The zero-order chi connectivity index (χ0) is 20.6. The molecule has 29 heavy (non-hydrogen) atoms. The molecule has 1 N–H and O–H groups in total. The standard InChI is InChI=1S/C21H24N2O6/c1-27-17-5-3-7-19(13-17)29-15-21(26)23-10-8-22(9-11-23)20(25)14-28-18-6-2-4-16(24)12-18/h2-7,12-13,24H,8-11,14-15H2,1H3. The Kier molecular flexibility index (Phi) is 6.78. The maximum atomic E-state index is 12.4. The maximum Gasteiger partial charge on any atom is 0.260 e. The molecule has 0 bridgehead atoms. The Morgan fingerprint density at radius 2 is 1.31 bits per heavy atom. The van der Waals surface area contributed by atoms with E-state index in [4.69, 9.17) is 14.2 Å². The van der Waals surface area contributed by atoms with Gasteiger partial charge in [-0.25, -0.2) is 0 Å². The zero-order valence-electron chi connectivity index (χ0n) is 16.2. The predicted octanol–water partition coefficient (Wildman–Crippen LogP) is 1.53. The molecule has 1 fully saturated rings. The summed E-state index contributed by atoms with van der Waals surface area (Å²) in [7, 11) is 1.57. The van der Waals surface area contributed by atoms with Crippen molar-refractivity contribution in [1.82, 2.24) is 9.80 Å². The van der Waals surface area contributed by atoms with Crippen LogP contribution in [0, 0.1) is 0 Å². The summed E-state index contributed by atoms with van der Waals surface area (Å²) < 4.78 is 16.1. The molecule has 0 spiro atoms. The Morgan fingerprint density at radius 1 is 0.828 bits per heavy atom. The highest BCUT2D eigenvalue weighted by Crippen LogP contribution is 2.19. The quantitative estimate of drug-likeness (QED) is 0.758. The number of rotatable bonds is 7. The molecule has 1 aliphatic rings. The number of phenolic OH excluding ortho intramolecular Hbond substituents is 1. The second kappa shape index (κ2) is 9.68. The Hall–Kier alpha value is -3.42. The predicted molar refractivity (Wildman–Crippen MR) is 105 cm³/mol. The van der Waals surface area contributed by atoms with Gasteiger partial charge < -0.3 is 29.1 Å². The zero-order valence-corrected chi connectivity index (χ0v) is 16.2. The number of hydrogen-bond acceptors (Lipinski definition) is 6. The van der Waals surface area contributed by atoms with Crippen LogP contribution in [-0.2, 0) is 9.59 Å². The monoisotopic (exact) mass is 400 g/mol. The number of hydrogen-bond donors (Lipinski definition) is 1. The first-order valence-electron chi connectivity index (χ1n) is 9.29. The summed E-state index contributed by atoms with van der Waals surface area (Å²) in [5, 5.41) is 9.42. The topological polar surface area (TPSA) is 88.5 Å². The lowest BCUT2D eigenvalue weighted by Gasteiger charge is -2.34. The van der Waals surface area contributed by atoms with Gasteiger partial charge in [0.25, 0.3) is 11.8 Å². The number of nitrogens with zero attached hydrogens (tertiary/aromatic N) is 2. The largest absolute Gasteiger partial charge is 0.508 e. The van der Waals surface area contributed by atoms with E-state index in [1.807, 2.05) is 0 Å². The van der Waals surface area contributed by atoms with Gasteiger partial charge in [0.1, 0.15) is 23.0 Å². The van der Waals surface area contributed by atoms with Crippen LogP contribution in [0.2, 0.25) is 0 Å². The number of phenols is 1. The van der Waals surface area contributed by atoms with Gasteiger partial charge >= 0.3 is 0 Å². The maximum absolute atomic E-state index is 12.4. The molecule has 0 aliphatic carbocycles. The minimum Gasteiger partial charge on any atom is -0.508 e. The van der Waals surface area contributed by atoms with Gasteiger partial charge in [0.05, 0.1) is 7.11 Å². The van der Waals surface area contributed by atoms with E-state index in [1.54, 1.807) is 53.3 Å². The Morgan fingerprint density at radius 3 is 1.83 bits per heavy atom. The molecule has 154 valence electrons. The third-order valence-corrected chi connectivity index (χ3v) is 4.57. The number of benzene rings is 2. The van der Waals surface area contributed by atoms with Crippen LogP contribution in [0.5, 0.6) is 23.0 Å². The minimum atomic E-state index is -0.159. The molecule has 2 aromatic rings. The smallest absolute Gasteiger partial charge is 0.260 e. The Bertz CT molecular complexity index is 849. The molecule has 0 atom stereocenters. The van der Waals surface area contributed by atoms with E-state index >= 15 is 0 Å². The average molecular weight is 400 g/mol. The lowest BCUT2D eigenvalue weighted by atomic mass is 10.3. The van der Waals surface area contributed by atoms with E-state index in [0.717, 1.165) is 0 Å². The van der Waals surface area contributed by atoms with Gasteiger partial charge in [-0.1, -0.05) is 12.1 Å². The lowest BCUT2D eigenvalue weighted by molar-refractivity contribution is -0.141. The molecule has 0 radical (unpaired) electrons. The summed E-state index contributed by atoms with van der Waals surface area (Å²) >= 11 is 0. The molecule has 1 aliphatic heterocycles. The van der Waals surface area contributed by atoms with E-state index in [9.17, 15) is 14.7 Å². The lowest BCUT2D eigenvalue weighted by Crippen LogP contribution is -2.52. The molecule has 8 heteroatoms. The van der Waals surface area contributed by atoms with Crippen molar-refractivity contribution in [2.75, 3.05) is 46.5 Å². The number of ether oxygens (including phenoxy) is 3. The van der Waals surface area contributed by atoms with Crippen molar-refractivity contribution in [3.8, 4) is 23.0 Å². The SMILES string of the molecule is COc1cccc(OCC(=O)N2CCN(C(=O)COc3cccc(O)c3)CC2)c1. The van der Waals surface area contributed by atoms with Crippen LogP contribution < -0.4 is 14.2 Å². The highest BCUT2D eigenvalue weighted by Gasteiger charge is 2.24. The van der Waals surface area contributed by atoms with Crippen LogP contribution in [0.4, 0.5) is 0 Å². The number of carbonyl (C=O) groups is 2. The van der Waals surface area contributed by atoms with E-state index < -0.39 is 0 Å². The molecule has 3 rings (SSSR count). The van der Waals surface area contributed by atoms with Crippen molar-refractivity contribution < 1.29 is 28.9 Å². The molecule has 0 unspecified atom stereocenters. The van der Waals surface area contributed by atoms with Gasteiger partial charge in [-0.05, 0) is 24.3 Å². The van der Waals surface area contributed by atoms with Crippen molar-refractivity contribution in [1.29, 1.82) is 0 Å². The summed E-state index contributed by atoms with van der Waals surface area (Å²) in [6, 6.07) is 13.4. The summed E-state index contributed by atoms with van der Waals surface area (Å²) in [6.07, 6.45) is 0. The van der Waals surface area contributed by atoms with Crippen LogP contribution in [-0.4, -0.2) is 73.2 Å². The highest BCUT2D eigenvalue weighted by atomic mass is 16.5. The fourth-order valence-corrected chi connectivity index (χ4v) is 2.94. The number of carbonyl (C=O) groups excluding carboxylic acids is 2. The first-order valence-corrected chi connectivity index (χ1v) is 9.29. The average Bonchev–Trinajstić information content (AvgIpc) is 2.76. The highest BCUT2D eigenvalue weighted by molar-refractivity contribution is 5.80. The molecule has 1 heterocycles. The first kappa shape index (κ1) is 20.3. The first-order chi connectivity index (χ1) is 14.0. The molecule has 8 nitrogen and oxygen atoms in total. The van der Waals surface area contributed by atoms with Crippen LogP contribution in [0.3, 0.4) is 0 Å². The summed E-state index contributed by atoms with van der Waals surface area (Å²) in [5.41, 5.74) is 0. The third-order valence-electron chi connectivity index (χ3n) is 4.57. The number of piperazine rings is 1. The van der Waals surface area contributed by atoms with E-state index in [-0.39, 0.29) is 30.8 Å². The van der Waals surface area contributed by atoms with E-state index in [0.29, 0.717) is 43.4 Å². The molecule has 2 amide bonds. The third kappa shape index (κ3) is 5.78. The van der Waals surface area contributed by atoms with Crippen molar-refractivity contribution in [2.24, 2.45) is 0 Å². The summed E-state index contributed by atoms with van der Waals surface area (Å²) in [4.78, 5) is 28.0. The van der Waals surface area contributed by atoms with Crippen LogP contribution in [0.1, 0.15) is 0 Å². The molecule has 1 saturated heterocycles. The molecule has 0 aromatic heterocycles. The Balaban J connectivity index is 1.40. The van der Waals surface area contributed by atoms with Crippen LogP contribution in [0.25, 0.3) is 0 Å². The van der Waals surface area contributed by atoms with Crippen molar-refractivity contribution >= 4 is 11.8 Å². The van der Waals surface area contributed by atoms with Crippen molar-refractivity contribution in [3.63, 3.8) is 0 Å². The van der Waals surface area contributed by atoms with Gasteiger partial charge in [0.2, 0.25) is 0 Å². The normalized spacial score (nSPS) is 13.7.